The number of nitrogens with zero attached hydrogens (tertiary/aromatic N) is 1. The highest BCUT2D eigenvalue weighted by Crippen LogP contribution is 2.64. The highest BCUT2D eigenvalue weighted by atomic mass is 35.5. The Hall–Kier alpha value is -1.87. The van der Waals surface area contributed by atoms with Crippen LogP contribution in [0.25, 0.3) is 0 Å². The Bertz CT molecular complexity index is 950. The van der Waals surface area contributed by atoms with Crippen LogP contribution in [0.5, 0.6) is 0 Å². The number of hydrogen-bond acceptors (Lipinski definition) is 4. The first-order valence-electron chi connectivity index (χ1n) is 8.42. The van der Waals surface area contributed by atoms with E-state index < -0.39 is 26.4 Å². The molecule has 0 unspecified atom stereocenters. The van der Waals surface area contributed by atoms with E-state index in [0.29, 0.717) is 11.6 Å². The number of hydrogen-bond donors (Lipinski definition) is 0. The van der Waals surface area contributed by atoms with Gasteiger partial charge in [0, 0.05) is 17.5 Å². The van der Waals surface area contributed by atoms with Crippen molar-refractivity contribution in [1.29, 1.82) is 5.26 Å². The Morgan fingerprint density at radius 3 is 2.50 bits per heavy atom. The smallest absolute Gasteiger partial charge is 0.183 e. The van der Waals surface area contributed by atoms with E-state index in [-0.39, 0.29) is 11.5 Å². The summed E-state index contributed by atoms with van der Waals surface area (Å²) in [5.74, 6) is -0.468. The molecule has 1 saturated carbocycles. The Morgan fingerprint density at radius 1 is 1.23 bits per heavy atom. The van der Waals surface area contributed by atoms with Crippen LogP contribution in [0.4, 0.5) is 0 Å². The van der Waals surface area contributed by atoms with Crippen LogP contribution in [0.3, 0.4) is 0 Å². The minimum atomic E-state index is -3.69. The topological polar surface area (TPSA) is 67.2 Å². The summed E-state index contributed by atoms with van der Waals surface area (Å²) in [5.41, 5.74) is 0.621. The molecule has 1 aliphatic carbocycles. The van der Waals surface area contributed by atoms with Crippen molar-refractivity contribution in [2.24, 2.45) is 5.41 Å². The van der Waals surface area contributed by atoms with Gasteiger partial charge in [-0.3, -0.25) is 0 Å². The predicted molar refractivity (Wildman–Crippen MR) is 101 cm³/mol. The van der Waals surface area contributed by atoms with Gasteiger partial charge >= 0.3 is 0 Å². The Labute approximate surface area is 159 Å². The van der Waals surface area contributed by atoms with Crippen molar-refractivity contribution in [2.45, 2.75) is 29.9 Å². The molecule has 0 heterocycles. The minimum absolute atomic E-state index is 0.0763. The third-order valence-corrected chi connectivity index (χ3v) is 7.43. The summed E-state index contributed by atoms with van der Waals surface area (Å²) in [6, 6.07) is 16.0. The maximum absolute atomic E-state index is 13.3. The Balaban J connectivity index is 2.07. The molecule has 0 N–H and O–H groups in total. The van der Waals surface area contributed by atoms with Gasteiger partial charge in [0.25, 0.3) is 0 Å². The number of aryl methyl sites for hydroxylation is 1. The fraction of sp³-hybridized carbons (Fsp3) is 0.350. The van der Waals surface area contributed by atoms with E-state index in [1.165, 1.54) is 0 Å². The largest absolute Gasteiger partial charge is 0.380 e. The molecule has 2 aromatic rings. The molecule has 0 bridgehead atoms. The fourth-order valence-electron chi connectivity index (χ4n) is 3.52. The third kappa shape index (κ3) is 3.14. The first-order valence-corrected chi connectivity index (χ1v) is 10.3. The normalized spacial score (nSPS) is 24.8. The van der Waals surface area contributed by atoms with Crippen LogP contribution < -0.4 is 0 Å². The number of sulfone groups is 1. The molecular weight excluding hydrogens is 370 g/mol. The summed E-state index contributed by atoms with van der Waals surface area (Å²) in [4.78, 5) is 0.230. The van der Waals surface area contributed by atoms with Crippen molar-refractivity contribution in [1.82, 2.24) is 0 Å². The van der Waals surface area contributed by atoms with Crippen LogP contribution in [0, 0.1) is 23.7 Å². The van der Waals surface area contributed by atoms with Gasteiger partial charge in [-0.05, 0) is 43.7 Å². The van der Waals surface area contributed by atoms with Crippen molar-refractivity contribution in [3.05, 3.63) is 64.7 Å². The zero-order chi connectivity index (χ0) is 18.9. The maximum atomic E-state index is 13.3. The molecule has 2 aromatic carbocycles. The second-order valence-electron chi connectivity index (χ2n) is 6.60. The van der Waals surface area contributed by atoms with Gasteiger partial charge in [-0.15, -0.1) is 0 Å². The first-order chi connectivity index (χ1) is 12.4. The highest BCUT2D eigenvalue weighted by Gasteiger charge is 2.72. The molecule has 0 aromatic heterocycles. The van der Waals surface area contributed by atoms with Crippen LogP contribution in [0.2, 0.25) is 5.02 Å². The van der Waals surface area contributed by atoms with Gasteiger partial charge < -0.3 is 4.74 Å². The number of nitriles is 1. The number of rotatable bonds is 6. The van der Waals surface area contributed by atoms with Gasteiger partial charge in [0.15, 0.2) is 9.84 Å². The Morgan fingerprint density at radius 2 is 1.92 bits per heavy atom. The SMILES string of the molecule is CCOC[C@@]1(C#N)[C@H](S(=O)(=O)c2ccc(C)cc2)[C@@H]1c1cccc(Cl)c1. The third-order valence-electron chi connectivity index (χ3n) is 4.90. The number of halogens is 1. The quantitative estimate of drug-likeness (QED) is 0.744. The van der Waals surface area contributed by atoms with Gasteiger partial charge in [-0.25, -0.2) is 8.42 Å². The van der Waals surface area contributed by atoms with E-state index in [0.717, 1.165) is 11.1 Å². The molecular formula is C20H20ClNO3S. The monoisotopic (exact) mass is 389 g/mol. The zero-order valence-corrected chi connectivity index (χ0v) is 16.2. The van der Waals surface area contributed by atoms with Crippen LogP contribution in [0.1, 0.15) is 24.0 Å². The second-order valence-corrected chi connectivity index (χ2v) is 9.11. The van der Waals surface area contributed by atoms with E-state index in [9.17, 15) is 13.7 Å². The summed E-state index contributed by atoms with van der Waals surface area (Å²) in [6.07, 6.45) is 0. The lowest BCUT2D eigenvalue weighted by molar-refractivity contribution is 0.117. The molecule has 0 spiro atoms. The molecule has 1 aliphatic rings. The van der Waals surface area contributed by atoms with Crippen molar-refractivity contribution < 1.29 is 13.2 Å². The van der Waals surface area contributed by atoms with E-state index in [1.54, 1.807) is 42.5 Å². The summed E-state index contributed by atoms with van der Waals surface area (Å²) in [6.45, 7) is 4.22. The molecule has 26 heavy (non-hydrogen) atoms. The molecule has 6 heteroatoms. The van der Waals surface area contributed by atoms with Crippen LogP contribution >= 0.6 is 11.6 Å². The van der Waals surface area contributed by atoms with Crippen molar-refractivity contribution >= 4 is 21.4 Å². The average molecular weight is 390 g/mol. The van der Waals surface area contributed by atoms with Gasteiger partial charge in [0.05, 0.1) is 22.8 Å². The molecule has 136 valence electrons. The molecule has 3 atom stereocenters. The van der Waals surface area contributed by atoms with Gasteiger partial charge in [0.2, 0.25) is 0 Å². The molecule has 3 rings (SSSR count). The molecule has 0 aliphatic heterocycles. The average Bonchev–Trinajstić information content (AvgIpc) is 3.31. The summed E-state index contributed by atoms with van der Waals surface area (Å²) in [5, 5.41) is 9.55. The van der Waals surface area contributed by atoms with Crippen LogP contribution in [-0.4, -0.2) is 26.9 Å². The van der Waals surface area contributed by atoms with Crippen LogP contribution in [-0.2, 0) is 14.6 Å². The van der Waals surface area contributed by atoms with E-state index in [1.807, 2.05) is 19.9 Å². The zero-order valence-electron chi connectivity index (χ0n) is 14.6. The van der Waals surface area contributed by atoms with Crippen molar-refractivity contribution in [3.63, 3.8) is 0 Å². The van der Waals surface area contributed by atoms with Crippen LogP contribution in [0.15, 0.2) is 53.4 Å². The van der Waals surface area contributed by atoms with Gasteiger partial charge in [-0.2, -0.15) is 5.26 Å². The van der Waals surface area contributed by atoms with Gasteiger partial charge in [-0.1, -0.05) is 41.4 Å². The minimum Gasteiger partial charge on any atom is -0.380 e. The summed E-state index contributed by atoms with van der Waals surface area (Å²) >= 11 is 6.09. The summed E-state index contributed by atoms with van der Waals surface area (Å²) < 4.78 is 32.0. The van der Waals surface area contributed by atoms with E-state index in [4.69, 9.17) is 16.3 Å². The summed E-state index contributed by atoms with van der Waals surface area (Å²) in [7, 11) is -3.69. The predicted octanol–water partition coefficient (Wildman–Crippen LogP) is 4.13. The molecule has 0 radical (unpaired) electrons. The molecule has 0 amide bonds. The highest BCUT2D eigenvalue weighted by molar-refractivity contribution is 7.92. The molecule has 0 saturated heterocycles. The lowest BCUT2D eigenvalue weighted by Gasteiger charge is -2.10. The second kappa shape index (κ2) is 7.03. The maximum Gasteiger partial charge on any atom is 0.183 e. The lowest BCUT2D eigenvalue weighted by Crippen LogP contribution is -2.19. The number of ether oxygens (including phenoxy) is 1. The molecule has 1 fully saturated rings. The number of benzene rings is 2. The van der Waals surface area contributed by atoms with E-state index in [2.05, 4.69) is 6.07 Å². The van der Waals surface area contributed by atoms with Crippen molar-refractivity contribution in [3.8, 4) is 6.07 Å². The van der Waals surface area contributed by atoms with E-state index >= 15 is 0 Å². The molecule has 4 nitrogen and oxygen atoms in total. The first kappa shape index (κ1) is 18.9. The van der Waals surface area contributed by atoms with Gasteiger partial charge in [0.1, 0.15) is 5.41 Å². The lowest BCUT2D eigenvalue weighted by atomic mass is 10.0. The fourth-order valence-corrected chi connectivity index (χ4v) is 6.02. The Kier molecular flexibility index (Phi) is 5.12. The standard InChI is InChI=1S/C20H20ClNO3S/c1-3-25-13-20(12-22)18(15-5-4-6-16(21)11-15)19(20)26(23,24)17-9-7-14(2)8-10-17/h4-11,18-19H,3,13H2,1-2H3/t18-,19+,20+/m0/s1. The van der Waals surface area contributed by atoms with Crippen molar-refractivity contribution in [2.75, 3.05) is 13.2 Å².